The van der Waals surface area contributed by atoms with E-state index in [0.717, 1.165) is 5.56 Å². The molecule has 0 saturated heterocycles. The smallest absolute Gasteiger partial charge is 0.338 e. The molecule has 3 nitrogen and oxygen atoms in total. The number of alkyl halides is 1. The largest absolute Gasteiger partial charge is 0.465 e. The third-order valence-corrected chi connectivity index (χ3v) is 2.65. The van der Waals surface area contributed by atoms with Crippen molar-refractivity contribution in [2.75, 3.05) is 13.7 Å². The van der Waals surface area contributed by atoms with Crippen molar-refractivity contribution in [3.8, 4) is 0 Å². The molecule has 1 unspecified atom stereocenters. The normalized spacial score (nSPS) is 12.2. The van der Waals surface area contributed by atoms with E-state index in [1.54, 1.807) is 18.2 Å². The summed E-state index contributed by atoms with van der Waals surface area (Å²) in [6, 6.07) is 7.02. The van der Waals surface area contributed by atoms with Crippen LogP contribution in [0.1, 0.15) is 20.7 Å². The van der Waals surface area contributed by atoms with Gasteiger partial charge in [0, 0.05) is 0 Å². The summed E-state index contributed by atoms with van der Waals surface area (Å²) in [7, 11) is 1.33. The zero-order valence-corrected chi connectivity index (χ0v) is 9.32. The lowest BCUT2D eigenvalue weighted by Gasteiger charge is -2.10. The molecule has 0 bridgehead atoms. The predicted octanol–water partition coefficient (Wildman–Crippen LogP) is 1.90. The highest BCUT2D eigenvalue weighted by Gasteiger charge is 2.16. The summed E-state index contributed by atoms with van der Waals surface area (Å²) in [5.74, 6) is -0.390. The van der Waals surface area contributed by atoms with Crippen LogP contribution in [0.25, 0.3) is 0 Å². The second-order valence-corrected chi connectivity index (χ2v) is 3.83. The number of esters is 1. The number of carbonyl (C=O) groups is 1. The number of benzene rings is 1. The van der Waals surface area contributed by atoms with Crippen LogP contribution < -0.4 is 0 Å². The lowest BCUT2D eigenvalue weighted by Crippen LogP contribution is -2.08. The molecule has 14 heavy (non-hydrogen) atoms. The maximum absolute atomic E-state index is 11.3. The maximum atomic E-state index is 11.3. The third kappa shape index (κ3) is 2.33. The van der Waals surface area contributed by atoms with Crippen molar-refractivity contribution in [1.82, 2.24) is 0 Å². The van der Waals surface area contributed by atoms with Gasteiger partial charge in [-0.05, 0) is 11.6 Å². The van der Waals surface area contributed by atoms with Crippen molar-refractivity contribution in [3.63, 3.8) is 0 Å². The summed E-state index contributed by atoms with van der Waals surface area (Å²) in [5, 5.41) is 8.97. The molecule has 0 radical (unpaired) electrons. The average molecular weight is 259 g/mol. The first-order chi connectivity index (χ1) is 6.70. The first kappa shape index (κ1) is 11.2. The highest BCUT2D eigenvalue weighted by atomic mass is 79.9. The number of hydrogen-bond donors (Lipinski definition) is 1. The van der Waals surface area contributed by atoms with Crippen molar-refractivity contribution in [3.05, 3.63) is 35.4 Å². The summed E-state index contributed by atoms with van der Waals surface area (Å²) in [6.45, 7) is -0.0615. The molecule has 0 fully saturated rings. The molecule has 0 amide bonds. The van der Waals surface area contributed by atoms with E-state index in [0.29, 0.717) is 5.56 Å². The second kappa shape index (κ2) is 5.12. The van der Waals surface area contributed by atoms with Crippen LogP contribution in [0.15, 0.2) is 24.3 Å². The molecule has 0 aliphatic rings. The van der Waals surface area contributed by atoms with Crippen LogP contribution in [0.2, 0.25) is 0 Å². The second-order valence-electron chi connectivity index (χ2n) is 2.73. The zero-order valence-electron chi connectivity index (χ0n) is 7.74. The molecular weight excluding hydrogens is 248 g/mol. The predicted molar refractivity (Wildman–Crippen MR) is 56.5 cm³/mol. The summed E-state index contributed by atoms with van der Waals surface area (Å²) in [5.41, 5.74) is 1.22. The number of aliphatic hydroxyl groups excluding tert-OH is 1. The minimum absolute atomic E-state index is 0.0615. The number of ether oxygens (including phenoxy) is 1. The maximum Gasteiger partial charge on any atom is 0.338 e. The SMILES string of the molecule is COC(=O)c1ccccc1C(Br)CO. The number of methoxy groups -OCH3 is 1. The number of aliphatic hydroxyl groups is 1. The van der Waals surface area contributed by atoms with Gasteiger partial charge in [-0.25, -0.2) is 4.79 Å². The highest BCUT2D eigenvalue weighted by molar-refractivity contribution is 9.09. The standard InChI is InChI=1S/C10H11BrO3/c1-14-10(13)8-5-3-2-4-7(8)9(11)6-12/h2-5,9,12H,6H2,1H3. The molecule has 0 aliphatic heterocycles. The van der Waals surface area contributed by atoms with E-state index in [-0.39, 0.29) is 11.4 Å². The lowest BCUT2D eigenvalue weighted by molar-refractivity contribution is 0.0599. The first-order valence-electron chi connectivity index (χ1n) is 4.13. The number of rotatable bonds is 3. The minimum Gasteiger partial charge on any atom is -0.465 e. The van der Waals surface area contributed by atoms with Crippen LogP contribution in [-0.2, 0) is 4.74 Å². The number of carbonyl (C=O) groups excluding carboxylic acids is 1. The van der Waals surface area contributed by atoms with Gasteiger partial charge < -0.3 is 9.84 Å². The van der Waals surface area contributed by atoms with Gasteiger partial charge in [0.1, 0.15) is 0 Å². The molecule has 0 aliphatic carbocycles. The Labute approximate surface area is 90.8 Å². The van der Waals surface area contributed by atoms with E-state index in [2.05, 4.69) is 20.7 Å². The van der Waals surface area contributed by atoms with E-state index >= 15 is 0 Å². The van der Waals surface area contributed by atoms with Gasteiger partial charge in [-0.15, -0.1) is 0 Å². The summed E-state index contributed by atoms with van der Waals surface area (Å²) >= 11 is 3.28. The number of halogens is 1. The summed E-state index contributed by atoms with van der Waals surface area (Å²) in [6.07, 6.45) is 0. The highest BCUT2D eigenvalue weighted by Crippen LogP contribution is 2.25. The molecule has 1 aromatic carbocycles. The van der Waals surface area contributed by atoms with Crippen molar-refractivity contribution in [2.24, 2.45) is 0 Å². The molecule has 76 valence electrons. The van der Waals surface area contributed by atoms with Gasteiger partial charge in [0.25, 0.3) is 0 Å². The van der Waals surface area contributed by atoms with Gasteiger partial charge in [-0.3, -0.25) is 0 Å². The fourth-order valence-electron chi connectivity index (χ4n) is 1.16. The van der Waals surface area contributed by atoms with Gasteiger partial charge in [0.05, 0.1) is 24.1 Å². The molecule has 4 heteroatoms. The van der Waals surface area contributed by atoms with Gasteiger partial charge in [-0.1, -0.05) is 34.1 Å². The van der Waals surface area contributed by atoms with Crippen molar-refractivity contribution >= 4 is 21.9 Å². The first-order valence-corrected chi connectivity index (χ1v) is 5.04. The van der Waals surface area contributed by atoms with E-state index in [4.69, 9.17) is 5.11 Å². The Morgan fingerprint density at radius 3 is 2.79 bits per heavy atom. The van der Waals surface area contributed by atoms with Crippen LogP contribution in [0, 0.1) is 0 Å². The van der Waals surface area contributed by atoms with Crippen molar-refractivity contribution < 1.29 is 14.6 Å². The van der Waals surface area contributed by atoms with Crippen LogP contribution in [-0.4, -0.2) is 24.8 Å². The van der Waals surface area contributed by atoms with E-state index in [1.807, 2.05) is 6.07 Å². The Kier molecular flexibility index (Phi) is 4.10. The monoisotopic (exact) mass is 258 g/mol. The van der Waals surface area contributed by atoms with Crippen molar-refractivity contribution in [2.45, 2.75) is 4.83 Å². The molecular formula is C10H11BrO3. The molecule has 1 rings (SSSR count). The molecule has 1 N–H and O–H groups in total. The Balaban J connectivity index is 3.09. The number of hydrogen-bond acceptors (Lipinski definition) is 3. The summed E-state index contributed by atoms with van der Waals surface area (Å²) < 4.78 is 4.63. The molecule has 0 spiro atoms. The Bertz CT molecular complexity index is 325. The molecule has 0 aromatic heterocycles. The Hall–Kier alpha value is -0.870. The van der Waals surface area contributed by atoms with E-state index in [9.17, 15) is 4.79 Å². The Morgan fingerprint density at radius 1 is 1.57 bits per heavy atom. The van der Waals surface area contributed by atoms with Gasteiger partial charge in [-0.2, -0.15) is 0 Å². The fraction of sp³-hybridized carbons (Fsp3) is 0.300. The molecule has 0 heterocycles. The minimum atomic E-state index is -0.390. The van der Waals surface area contributed by atoms with Crippen LogP contribution >= 0.6 is 15.9 Å². The lowest BCUT2D eigenvalue weighted by atomic mass is 10.1. The topological polar surface area (TPSA) is 46.5 Å². The Morgan fingerprint density at radius 2 is 2.21 bits per heavy atom. The quantitative estimate of drug-likeness (QED) is 0.666. The molecule has 0 saturated carbocycles. The van der Waals surface area contributed by atoms with Crippen LogP contribution in [0.4, 0.5) is 0 Å². The molecule has 1 aromatic rings. The van der Waals surface area contributed by atoms with Gasteiger partial charge in [0.2, 0.25) is 0 Å². The zero-order chi connectivity index (χ0) is 10.6. The fourth-order valence-corrected chi connectivity index (χ4v) is 1.56. The van der Waals surface area contributed by atoms with Crippen LogP contribution in [0.3, 0.4) is 0 Å². The summed E-state index contributed by atoms with van der Waals surface area (Å²) in [4.78, 5) is 11.1. The average Bonchev–Trinajstić information content (AvgIpc) is 2.27. The van der Waals surface area contributed by atoms with Crippen LogP contribution in [0.5, 0.6) is 0 Å². The third-order valence-electron chi connectivity index (χ3n) is 1.86. The van der Waals surface area contributed by atoms with Gasteiger partial charge in [0.15, 0.2) is 0 Å². The van der Waals surface area contributed by atoms with E-state index in [1.165, 1.54) is 7.11 Å². The van der Waals surface area contributed by atoms with Crippen molar-refractivity contribution in [1.29, 1.82) is 0 Å². The molecule has 1 atom stereocenters. The van der Waals surface area contributed by atoms with Gasteiger partial charge >= 0.3 is 5.97 Å². The van der Waals surface area contributed by atoms with E-state index < -0.39 is 5.97 Å².